The molecule has 0 aromatic heterocycles. The van der Waals surface area contributed by atoms with Crippen molar-refractivity contribution < 1.29 is 9.13 Å². The first-order chi connectivity index (χ1) is 7.82. The number of nitrogens with two attached hydrogens (primary N) is 1. The predicted molar refractivity (Wildman–Crippen MR) is 66.5 cm³/mol. The maximum Gasteiger partial charge on any atom is 0.126 e. The van der Waals surface area contributed by atoms with Crippen molar-refractivity contribution in [2.75, 3.05) is 13.2 Å². The van der Waals surface area contributed by atoms with Crippen LogP contribution in [0.5, 0.6) is 0 Å². The fourth-order valence-electron chi connectivity index (χ4n) is 2.57. The summed E-state index contributed by atoms with van der Waals surface area (Å²) < 4.78 is 18.7. The van der Waals surface area contributed by atoms with Crippen LogP contribution < -0.4 is 5.73 Å². The average Bonchev–Trinajstić information content (AvgIpc) is 2.15. The summed E-state index contributed by atoms with van der Waals surface area (Å²) in [6.07, 6.45) is 0.852. The highest BCUT2D eigenvalue weighted by Gasteiger charge is 2.43. The van der Waals surface area contributed by atoms with Crippen LogP contribution in [0.2, 0.25) is 0 Å². The molecule has 2 nitrogen and oxygen atoms in total. The Balaban J connectivity index is 2.31. The lowest BCUT2D eigenvalue weighted by atomic mass is 9.70. The van der Waals surface area contributed by atoms with Gasteiger partial charge in [0.05, 0.1) is 13.2 Å². The molecular formula is C14H20FNO. The van der Waals surface area contributed by atoms with Crippen LogP contribution in [0, 0.1) is 12.7 Å². The van der Waals surface area contributed by atoms with Crippen LogP contribution in [-0.4, -0.2) is 18.8 Å². The van der Waals surface area contributed by atoms with Crippen LogP contribution in [0.4, 0.5) is 4.39 Å². The summed E-state index contributed by atoms with van der Waals surface area (Å²) in [4.78, 5) is 0. The van der Waals surface area contributed by atoms with Crippen molar-refractivity contribution in [1.29, 1.82) is 0 Å². The zero-order chi connectivity index (χ0) is 12.7. The number of halogens is 1. The van der Waals surface area contributed by atoms with E-state index >= 15 is 0 Å². The standard InChI is InChI=1S/C14H20FNO/c1-10-6-11(4-5-12(10)15)14(8-17-9-14)7-13(2,3)16/h4-6H,7-9,16H2,1-3H3. The summed E-state index contributed by atoms with van der Waals surface area (Å²) in [5, 5.41) is 0. The van der Waals surface area contributed by atoms with Crippen molar-refractivity contribution in [2.45, 2.75) is 38.1 Å². The number of hydrogen-bond acceptors (Lipinski definition) is 2. The van der Waals surface area contributed by atoms with E-state index in [2.05, 4.69) is 0 Å². The minimum absolute atomic E-state index is 0.0310. The summed E-state index contributed by atoms with van der Waals surface area (Å²) >= 11 is 0. The van der Waals surface area contributed by atoms with Crippen LogP contribution in [0.15, 0.2) is 18.2 Å². The van der Waals surface area contributed by atoms with Gasteiger partial charge in [-0.3, -0.25) is 0 Å². The quantitative estimate of drug-likeness (QED) is 0.876. The topological polar surface area (TPSA) is 35.2 Å². The summed E-state index contributed by atoms with van der Waals surface area (Å²) in [6.45, 7) is 7.18. The van der Waals surface area contributed by atoms with Crippen molar-refractivity contribution in [3.8, 4) is 0 Å². The van der Waals surface area contributed by atoms with E-state index in [0.29, 0.717) is 18.8 Å². The van der Waals surface area contributed by atoms with Crippen LogP contribution >= 0.6 is 0 Å². The SMILES string of the molecule is Cc1cc(C2(CC(C)(C)N)COC2)ccc1F. The molecule has 1 aromatic carbocycles. The minimum Gasteiger partial charge on any atom is -0.379 e. The van der Waals surface area contributed by atoms with E-state index in [9.17, 15) is 4.39 Å². The smallest absolute Gasteiger partial charge is 0.126 e. The Bertz CT molecular complexity index is 419. The van der Waals surface area contributed by atoms with Crippen LogP contribution in [0.25, 0.3) is 0 Å². The lowest BCUT2D eigenvalue weighted by Crippen LogP contribution is -2.53. The molecule has 1 aliphatic heterocycles. The van der Waals surface area contributed by atoms with Crippen molar-refractivity contribution in [3.05, 3.63) is 35.1 Å². The maximum atomic E-state index is 13.3. The summed E-state index contributed by atoms with van der Waals surface area (Å²) in [5.41, 5.74) is 7.66. The molecule has 1 aromatic rings. The van der Waals surface area contributed by atoms with Crippen LogP contribution in [0.1, 0.15) is 31.4 Å². The van der Waals surface area contributed by atoms with Gasteiger partial charge in [-0.2, -0.15) is 0 Å². The number of hydrogen-bond donors (Lipinski definition) is 1. The molecule has 3 heteroatoms. The van der Waals surface area contributed by atoms with E-state index in [4.69, 9.17) is 10.5 Å². The second-order valence-electron chi connectivity index (χ2n) is 5.90. The van der Waals surface area contributed by atoms with Gasteiger partial charge in [0.25, 0.3) is 0 Å². The van der Waals surface area contributed by atoms with E-state index < -0.39 is 0 Å². The molecule has 0 amide bonds. The van der Waals surface area contributed by atoms with Gasteiger partial charge in [-0.15, -0.1) is 0 Å². The van der Waals surface area contributed by atoms with Gasteiger partial charge in [0.1, 0.15) is 5.82 Å². The summed E-state index contributed by atoms with van der Waals surface area (Å²) in [7, 11) is 0. The maximum absolute atomic E-state index is 13.3. The predicted octanol–water partition coefficient (Wildman–Crippen LogP) is 2.53. The van der Waals surface area contributed by atoms with E-state index in [0.717, 1.165) is 12.0 Å². The van der Waals surface area contributed by atoms with Gasteiger partial charge >= 0.3 is 0 Å². The Labute approximate surface area is 102 Å². The third-order valence-electron chi connectivity index (χ3n) is 3.32. The zero-order valence-electron chi connectivity index (χ0n) is 10.7. The Morgan fingerprint density at radius 2 is 2.06 bits per heavy atom. The van der Waals surface area contributed by atoms with Crippen LogP contribution in [0.3, 0.4) is 0 Å². The third-order valence-corrected chi connectivity index (χ3v) is 3.32. The fourth-order valence-corrected chi connectivity index (χ4v) is 2.57. The van der Waals surface area contributed by atoms with E-state index in [1.807, 2.05) is 26.0 Å². The first kappa shape index (κ1) is 12.5. The highest BCUT2D eigenvalue weighted by molar-refractivity contribution is 5.33. The van der Waals surface area contributed by atoms with Gasteiger partial charge in [-0.25, -0.2) is 4.39 Å². The first-order valence-electron chi connectivity index (χ1n) is 5.96. The molecule has 0 radical (unpaired) electrons. The lowest BCUT2D eigenvalue weighted by molar-refractivity contribution is -0.0719. The molecule has 17 heavy (non-hydrogen) atoms. The molecule has 0 atom stereocenters. The second-order valence-corrected chi connectivity index (χ2v) is 5.90. The molecule has 0 saturated carbocycles. The normalized spacial score (nSPS) is 18.9. The number of aryl methyl sites for hydroxylation is 1. The molecule has 0 spiro atoms. The molecule has 1 heterocycles. The number of ether oxygens (including phenoxy) is 1. The molecule has 1 saturated heterocycles. The molecule has 0 unspecified atom stereocenters. The van der Waals surface area contributed by atoms with Crippen molar-refractivity contribution in [2.24, 2.45) is 5.73 Å². The highest BCUT2D eigenvalue weighted by Crippen LogP contribution is 2.39. The van der Waals surface area contributed by atoms with E-state index in [1.54, 1.807) is 6.92 Å². The van der Waals surface area contributed by atoms with Gasteiger partial charge in [0, 0.05) is 11.0 Å². The Kier molecular flexibility index (Phi) is 3.00. The minimum atomic E-state index is -0.244. The van der Waals surface area contributed by atoms with E-state index in [-0.39, 0.29) is 16.8 Å². The Hall–Kier alpha value is -0.930. The van der Waals surface area contributed by atoms with Gasteiger partial charge in [-0.1, -0.05) is 12.1 Å². The molecule has 1 aliphatic rings. The molecule has 1 fully saturated rings. The number of rotatable bonds is 3. The second kappa shape index (κ2) is 4.07. The average molecular weight is 237 g/mol. The van der Waals surface area contributed by atoms with E-state index in [1.165, 1.54) is 6.07 Å². The molecule has 0 bridgehead atoms. The largest absolute Gasteiger partial charge is 0.379 e. The van der Waals surface area contributed by atoms with Gasteiger partial charge < -0.3 is 10.5 Å². The van der Waals surface area contributed by atoms with Crippen molar-refractivity contribution in [3.63, 3.8) is 0 Å². The first-order valence-corrected chi connectivity index (χ1v) is 5.96. The highest BCUT2D eigenvalue weighted by atomic mass is 19.1. The summed E-state index contributed by atoms with van der Waals surface area (Å²) in [6, 6.07) is 5.31. The Morgan fingerprint density at radius 3 is 2.47 bits per heavy atom. The van der Waals surface area contributed by atoms with Gasteiger partial charge in [-0.05, 0) is 44.4 Å². The lowest BCUT2D eigenvalue weighted by Gasteiger charge is -2.45. The van der Waals surface area contributed by atoms with Gasteiger partial charge in [0.15, 0.2) is 0 Å². The monoisotopic (exact) mass is 237 g/mol. The third kappa shape index (κ3) is 2.50. The van der Waals surface area contributed by atoms with Crippen LogP contribution in [-0.2, 0) is 10.2 Å². The Morgan fingerprint density at radius 1 is 1.41 bits per heavy atom. The molecular weight excluding hydrogens is 217 g/mol. The van der Waals surface area contributed by atoms with Crippen molar-refractivity contribution in [1.82, 2.24) is 0 Å². The molecule has 2 rings (SSSR count). The van der Waals surface area contributed by atoms with Crippen molar-refractivity contribution >= 4 is 0 Å². The zero-order valence-corrected chi connectivity index (χ0v) is 10.7. The molecule has 0 aliphatic carbocycles. The molecule has 94 valence electrons. The number of benzene rings is 1. The van der Waals surface area contributed by atoms with Gasteiger partial charge in [0.2, 0.25) is 0 Å². The molecule has 2 N–H and O–H groups in total. The fraction of sp³-hybridized carbons (Fsp3) is 0.571. The summed E-state index contributed by atoms with van der Waals surface area (Å²) in [5.74, 6) is -0.156.